The van der Waals surface area contributed by atoms with Crippen molar-refractivity contribution in [2.75, 3.05) is 18.5 Å². The smallest absolute Gasteiger partial charge is 0.314 e. The molecule has 2 rings (SSSR count). The highest BCUT2D eigenvalue weighted by Crippen LogP contribution is 2.10. The molecule has 98 valence electrons. The fourth-order valence-electron chi connectivity index (χ4n) is 1.69. The molecule has 0 bridgehead atoms. The molecule has 1 atom stereocenters. The van der Waals surface area contributed by atoms with Crippen LogP contribution in [0, 0.1) is 6.92 Å². The van der Waals surface area contributed by atoms with Gasteiger partial charge in [0.1, 0.15) is 5.76 Å². The summed E-state index contributed by atoms with van der Waals surface area (Å²) in [7, 11) is 0. The third kappa shape index (κ3) is 3.30. The number of amides is 2. The van der Waals surface area contributed by atoms with Crippen LogP contribution in [0.2, 0.25) is 0 Å². The number of rotatable bonds is 3. The fraction of sp³-hybridized carbons (Fsp3) is 0.545. The summed E-state index contributed by atoms with van der Waals surface area (Å²) in [5, 5.41) is 8.42. The highest BCUT2D eigenvalue weighted by atomic mass is 16.5. The van der Waals surface area contributed by atoms with Gasteiger partial charge in [-0.15, -0.1) is 0 Å². The average Bonchev–Trinajstić information content (AvgIpc) is 2.97. The minimum absolute atomic E-state index is 0.0102. The number of aromatic nitrogens is 1. The summed E-state index contributed by atoms with van der Waals surface area (Å²) < 4.78 is 10.1. The molecule has 0 saturated carbocycles. The van der Waals surface area contributed by atoms with Crippen molar-refractivity contribution in [3.63, 3.8) is 0 Å². The van der Waals surface area contributed by atoms with Gasteiger partial charge in [-0.3, -0.25) is 14.9 Å². The van der Waals surface area contributed by atoms with Crippen molar-refractivity contribution in [1.29, 1.82) is 0 Å². The maximum atomic E-state index is 11.5. The lowest BCUT2D eigenvalue weighted by molar-refractivity contribution is -0.136. The van der Waals surface area contributed by atoms with Crippen LogP contribution < -0.4 is 10.6 Å². The van der Waals surface area contributed by atoms with Gasteiger partial charge in [-0.2, -0.15) is 0 Å². The number of aryl methyl sites for hydroxylation is 1. The van der Waals surface area contributed by atoms with Gasteiger partial charge in [0.05, 0.1) is 6.10 Å². The standard InChI is InChI=1S/C11H15N3O4/c1-7-5-9(14-18-7)13-11(16)10(15)12-6-8-3-2-4-17-8/h5,8H,2-4,6H2,1H3,(H,12,15)(H,13,14,16)/t8-/m0/s1. The zero-order chi connectivity index (χ0) is 13.0. The number of anilines is 1. The first kappa shape index (κ1) is 12.6. The molecule has 1 aromatic heterocycles. The largest absolute Gasteiger partial charge is 0.376 e. The Morgan fingerprint density at radius 1 is 1.50 bits per heavy atom. The molecular formula is C11H15N3O4. The highest BCUT2D eigenvalue weighted by Gasteiger charge is 2.19. The highest BCUT2D eigenvalue weighted by molar-refractivity contribution is 6.39. The molecule has 7 heteroatoms. The van der Waals surface area contributed by atoms with Crippen molar-refractivity contribution in [2.24, 2.45) is 0 Å². The van der Waals surface area contributed by atoms with Crippen LogP contribution in [0.3, 0.4) is 0 Å². The SMILES string of the molecule is Cc1cc(NC(=O)C(=O)NC[C@@H]2CCCO2)no1. The molecule has 0 spiro atoms. The molecule has 2 amide bonds. The van der Waals surface area contributed by atoms with E-state index in [1.807, 2.05) is 0 Å². The normalized spacial score (nSPS) is 18.6. The summed E-state index contributed by atoms with van der Waals surface area (Å²) in [6, 6.07) is 1.53. The second-order valence-corrected chi connectivity index (χ2v) is 4.12. The van der Waals surface area contributed by atoms with Crippen molar-refractivity contribution in [3.8, 4) is 0 Å². The third-order valence-electron chi connectivity index (χ3n) is 2.59. The molecule has 0 radical (unpaired) electrons. The molecule has 1 aromatic rings. The van der Waals surface area contributed by atoms with Crippen molar-refractivity contribution in [1.82, 2.24) is 10.5 Å². The molecule has 7 nitrogen and oxygen atoms in total. The molecule has 2 N–H and O–H groups in total. The zero-order valence-electron chi connectivity index (χ0n) is 10.1. The van der Waals surface area contributed by atoms with E-state index >= 15 is 0 Å². The summed E-state index contributed by atoms with van der Waals surface area (Å²) in [5.74, 6) is -0.678. The molecular weight excluding hydrogens is 238 g/mol. The van der Waals surface area contributed by atoms with Crippen molar-refractivity contribution in [3.05, 3.63) is 11.8 Å². The number of carbonyl (C=O) groups excluding carboxylic acids is 2. The maximum absolute atomic E-state index is 11.5. The topological polar surface area (TPSA) is 93.5 Å². The van der Waals surface area contributed by atoms with Gasteiger partial charge < -0.3 is 14.6 Å². The number of hydrogen-bond acceptors (Lipinski definition) is 5. The Morgan fingerprint density at radius 2 is 2.33 bits per heavy atom. The third-order valence-corrected chi connectivity index (χ3v) is 2.59. The van der Waals surface area contributed by atoms with Gasteiger partial charge in [-0.25, -0.2) is 0 Å². The second-order valence-electron chi connectivity index (χ2n) is 4.12. The molecule has 0 aliphatic carbocycles. The van der Waals surface area contributed by atoms with Crippen LogP contribution in [0.15, 0.2) is 10.6 Å². The van der Waals surface area contributed by atoms with Crippen LogP contribution in [-0.2, 0) is 14.3 Å². The Hall–Kier alpha value is -1.89. The summed E-state index contributed by atoms with van der Waals surface area (Å²) in [5.41, 5.74) is 0. The molecule has 1 aliphatic rings. The van der Waals surface area contributed by atoms with E-state index in [0.717, 1.165) is 12.8 Å². The average molecular weight is 253 g/mol. The van der Waals surface area contributed by atoms with E-state index < -0.39 is 11.8 Å². The fourth-order valence-corrected chi connectivity index (χ4v) is 1.69. The van der Waals surface area contributed by atoms with Crippen molar-refractivity contribution >= 4 is 17.6 Å². The van der Waals surface area contributed by atoms with E-state index in [1.54, 1.807) is 6.92 Å². The van der Waals surface area contributed by atoms with Crippen LogP contribution in [0.5, 0.6) is 0 Å². The Bertz CT molecular complexity index is 437. The lowest BCUT2D eigenvalue weighted by Crippen LogP contribution is -2.39. The quantitative estimate of drug-likeness (QED) is 0.751. The minimum Gasteiger partial charge on any atom is -0.376 e. The monoisotopic (exact) mass is 253 g/mol. The van der Waals surface area contributed by atoms with Crippen molar-refractivity contribution in [2.45, 2.75) is 25.9 Å². The Kier molecular flexibility index (Phi) is 3.93. The van der Waals surface area contributed by atoms with Crippen molar-refractivity contribution < 1.29 is 18.8 Å². The lowest BCUT2D eigenvalue weighted by Gasteiger charge is -2.09. The summed E-state index contributed by atoms with van der Waals surface area (Å²) in [6.07, 6.45) is 1.91. The number of ether oxygens (including phenoxy) is 1. The first-order chi connectivity index (χ1) is 8.65. The Balaban J connectivity index is 1.76. The molecule has 1 saturated heterocycles. The Morgan fingerprint density at radius 3 is 2.94 bits per heavy atom. The number of nitrogens with zero attached hydrogens (tertiary/aromatic N) is 1. The van der Waals surface area contributed by atoms with E-state index in [4.69, 9.17) is 9.26 Å². The predicted octanol–water partition coefficient (Wildman–Crippen LogP) is 0.217. The summed E-state index contributed by atoms with van der Waals surface area (Å²) >= 11 is 0. The summed E-state index contributed by atoms with van der Waals surface area (Å²) in [6.45, 7) is 2.76. The van der Waals surface area contributed by atoms with Gasteiger partial charge in [0.25, 0.3) is 0 Å². The molecule has 1 fully saturated rings. The van der Waals surface area contributed by atoms with Crippen LogP contribution >= 0.6 is 0 Å². The van der Waals surface area contributed by atoms with E-state index in [-0.39, 0.29) is 11.9 Å². The van der Waals surface area contributed by atoms with Gasteiger partial charge in [0.15, 0.2) is 5.82 Å². The minimum atomic E-state index is -0.763. The predicted molar refractivity (Wildman–Crippen MR) is 61.9 cm³/mol. The zero-order valence-corrected chi connectivity index (χ0v) is 10.1. The van der Waals surface area contributed by atoms with Gasteiger partial charge in [-0.1, -0.05) is 5.16 Å². The van der Waals surface area contributed by atoms with Gasteiger partial charge >= 0.3 is 11.8 Å². The molecule has 1 aliphatic heterocycles. The number of nitrogens with one attached hydrogen (secondary N) is 2. The molecule has 0 unspecified atom stereocenters. The number of carbonyl (C=O) groups is 2. The molecule has 0 aromatic carbocycles. The summed E-state index contributed by atoms with van der Waals surface area (Å²) in [4.78, 5) is 23.0. The van der Waals surface area contributed by atoms with Crippen LogP contribution in [0.4, 0.5) is 5.82 Å². The van der Waals surface area contributed by atoms with Gasteiger partial charge in [0, 0.05) is 19.2 Å². The first-order valence-corrected chi connectivity index (χ1v) is 5.79. The number of hydrogen-bond donors (Lipinski definition) is 2. The first-order valence-electron chi connectivity index (χ1n) is 5.79. The van der Waals surface area contributed by atoms with Gasteiger partial charge in [-0.05, 0) is 19.8 Å². The lowest BCUT2D eigenvalue weighted by atomic mass is 10.2. The van der Waals surface area contributed by atoms with Crippen LogP contribution in [0.1, 0.15) is 18.6 Å². The van der Waals surface area contributed by atoms with E-state index in [0.29, 0.717) is 18.9 Å². The van der Waals surface area contributed by atoms with E-state index in [1.165, 1.54) is 6.07 Å². The van der Waals surface area contributed by atoms with E-state index in [9.17, 15) is 9.59 Å². The van der Waals surface area contributed by atoms with Gasteiger partial charge in [0.2, 0.25) is 0 Å². The van der Waals surface area contributed by atoms with E-state index in [2.05, 4.69) is 15.8 Å². The molecule has 18 heavy (non-hydrogen) atoms. The van der Waals surface area contributed by atoms with Crippen LogP contribution in [0.25, 0.3) is 0 Å². The Labute approximate surface area is 104 Å². The second kappa shape index (κ2) is 5.63. The van der Waals surface area contributed by atoms with Crippen LogP contribution in [-0.4, -0.2) is 36.2 Å². The maximum Gasteiger partial charge on any atom is 0.314 e. The molecule has 2 heterocycles.